The van der Waals surface area contributed by atoms with Gasteiger partial charge in [0.25, 0.3) is 17.7 Å². The summed E-state index contributed by atoms with van der Waals surface area (Å²) in [6.45, 7) is 5.47. The molecule has 0 aromatic heterocycles. The molecule has 1 fully saturated rings. The fraction of sp³-hybridized carbons (Fsp3) is 0.526. The van der Waals surface area contributed by atoms with Gasteiger partial charge in [-0.1, -0.05) is 19.3 Å². The third-order valence-corrected chi connectivity index (χ3v) is 4.76. The number of hydrogen-bond acceptors (Lipinski definition) is 3. The second-order valence-corrected chi connectivity index (χ2v) is 7.69. The molecule has 1 heterocycles. The Morgan fingerprint density at radius 1 is 1.04 bits per heavy atom. The minimum atomic E-state index is -0.586. The highest BCUT2D eigenvalue weighted by atomic mass is 16.2. The van der Waals surface area contributed by atoms with E-state index < -0.39 is 5.54 Å². The van der Waals surface area contributed by atoms with E-state index in [4.69, 9.17) is 0 Å². The molecule has 1 saturated carbocycles. The predicted octanol–water partition coefficient (Wildman–Crippen LogP) is 3.14. The highest BCUT2D eigenvalue weighted by molar-refractivity contribution is 6.22. The van der Waals surface area contributed by atoms with E-state index in [1.54, 1.807) is 18.2 Å². The maximum absolute atomic E-state index is 12.6. The van der Waals surface area contributed by atoms with E-state index in [1.807, 2.05) is 20.8 Å². The highest BCUT2D eigenvalue weighted by Gasteiger charge is 2.42. The van der Waals surface area contributed by atoms with Crippen LogP contribution in [0.15, 0.2) is 18.2 Å². The second kappa shape index (κ2) is 6.04. The van der Waals surface area contributed by atoms with Crippen molar-refractivity contribution in [3.05, 3.63) is 34.9 Å². The van der Waals surface area contributed by atoms with Gasteiger partial charge < -0.3 is 5.32 Å². The van der Waals surface area contributed by atoms with Crippen LogP contribution >= 0.6 is 0 Å². The normalized spacial score (nSPS) is 18.7. The fourth-order valence-corrected chi connectivity index (χ4v) is 3.51. The van der Waals surface area contributed by atoms with Crippen molar-refractivity contribution in [1.82, 2.24) is 10.2 Å². The standard InChI is InChI=1S/C19H24N2O3/c1-19(2,3)21-17(23)14-10-9-12(11-15(14)18(21)24)16(22)20-13-7-5-4-6-8-13/h9-11,13H,4-8H2,1-3H3,(H,20,22). The van der Waals surface area contributed by atoms with Crippen LogP contribution in [0.25, 0.3) is 0 Å². The molecular weight excluding hydrogens is 304 g/mol. The average molecular weight is 328 g/mol. The minimum Gasteiger partial charge on any atom is -0.349 e. The Labute approximate surface area is 142 Å². The van der Waals surface area contributed by atoms with E-state index in [2.05, 4.69) is 5.32 Å². The number of rotatable bonds is 2. The quantitative estimate of drug-likeness (QED) is 0.848. The number of hydrogen-bond donors (Lipinski definition) is 1. The Bertz CT molecular complexity index is 697. The molecule has 0 spiro atoms. The Balaban J connectivity index is 1.83. The first kappa shape index (κ1) is 16.7. The Morgan fingerprint density at radius 3 is 2.29 bits per heavy atom. The molecule has 24 heavy (non-hydrogen) atoms. The minimum absolute atomic E-state index is 0.167. The maximum Gasteiger partial charge on any atom is 0.262 e. The van der Waals surface area contributed by atoms with E-state index in [-0.39, 0.29) is 23.8 Å². The average Bonchev–Trinajstić information content (AvgIpc) is 2.79. The van der Waals surface area contributed by atoms with Gasteiger partial charge in [-0.25, -0.2) is 0 Å². The smallest absolute Gasteiger partial charge is 0.262 e. The largest absolute Gasteiger partial charge is 0.349 e. The molecule has 3 rings (SSSR count). The molecular formula is C19H24N2O3. The number of carbonyl (C=O) groups excluding carboxylic acids is 3. The van der Waals surface area contributed by atoms with Crippen LogP contribution in [0, 0.1) is 0 Å². The fourth-order valence-electron chi connectivity index (χ4n) is 3.51. The van der Waals surface area contributed by atoms with Gasteiger partial charge in [-0.3, -0.25) is 19.3 Å². The lowest BCUT2D eigenvalue weighted by molar-refractivity contribution is 0.0507. The molecule has 0 radical (unpaired) electrons. The van der Waals surface area contributed by atoms with Crippen molar-refractivity contribution in [3.63, 3.8) is 0 Å². The van der Waals surface area contributed by atoms with Crippen molar-refractivity contribution < 1.29 is 14.4 Å². The van der Waals surface area contributed by atoms with Crippen LogP contribution in [0.5, 0.6) is 0 Å². The first-order valence-corrected chi connectivity index (χ1v) is 8.63. The van der Waals surface area contributed by atoms with E-state index in [0.29, 0.717) is 16.7 Å². The third kappa shape index (κ3) is 2.95. The first-order valence-electron chi connectivity index (χ1n) is 8.63. The van der Waals surface area contributed by atoms with Gasteiger partial charge in [0.05, 0.1) is 11.1 Å². The summed E-state index contributed by atoms with van der Waals surface area (Å²) < 4.78 is 0. The molecule has 1 N–H and O–H groups in total. The Hall–Kier alpha value is -2.17. The predicted molar refractivity (Wildman–Crippen MR) is 91.0 cm³/mol. The summed E-state index contributed by atoms with van der Waals surface area (Å²) in [4.78, 5) is 38.8. The molecule has 1 aliphatic carbocycles. The van der Waals surface area contributed by atoms with Gasteiger partial charge >= 0.3 is 0 Å². The number of benzene rings is 1. The molecule has 3 amide bonds. The van der Waals surface area contributed by atoms with E-state index in [0.717, 1.165) is 25.7 Å². The van der Waals surface area contributed by atoms with Gasteiger partial charge in [-0.2, -0.15) is 0 Å². The lowest BCUT2D eigenvalue weighted by Gasteiger charge is -2.29. The molecule has 2 aliphatic rings. The monoisotopic (exact) mass is 328 g/mol. The molecule has 1 aliphatic heterocycles. The molecule has 0 bridgehead atoms. The van der Waals surface area contributed by atoms with Gasteiger partial charge in [0.2, 0.25) is 0 Å². The summed E-state index contributed by atoms with van der Waals surface area (Å²) in [5.74, 6) is -0.782. The molecule has 5 heteroatoms. The van der Waals surface area contributed by atoms with Crippen LogP contribution in [0.4, 0.5) is 0 Å². The lowest BCUT2D eigenvalue weighted by Crippen LogP contribution is -2.45. The van der Waals surface area contributed by atoms with Gasteiger partial charge in [-0.05, 0) is 51.8 Å². The van der Waals surface area contributed by atoms with Crippen molar-refractivity contribution in [2.24, 2.45) is 0 Å². The SMILES string of the molecule is CC(C)(C)N1C(=O)c2ccc(C(=O)NC3CCCCC3)cc2C1=O. The van der Waals surface area contributed by atoms with E-state index >= 15 is 0 Å². The molecule has 0 atom stereocenters. The summed E-state index contributed by atoms with van der Waals surface area (Å²) in [5, 5.41) is 3.05. The zero-order valence-corrected chi connectivity index (χ0v) is 14.5. The molecule has 0 saturated heterocycles. The number of nitrogens with zero attached hydrogens (tertiary/aromatic N) is 1. The van der Waals surface area contributed by atoms with Gasteiger partial charge in [0.15, 0.2) is 0 Å². The van der Waals surface area contributed by atoms with Gasteiger partial charge in [0.1, 0.15) is 0 Å². The molecule has 1 aromatic rings. The van der Waals surface area contributed by atoms with E-state index in [1.165, 1.54) is 11.3 Å². The molecule has 128 valence electrons. The van der Waals surface area contributed by atoms with Crippen molar-refractivity contribution >= 4 is 17.7 Å². The Kier molecular flexibility index (Phi) is 4.20. The summed E-state index contributed by atoms with van der Waals surface area (Å²) in [5.41, 5.74) is 0.559. The number of amides is 3. The number of imide groups is 1. The van der Waals surface area contributed by atoms with Gasteiger partial charge in [-0.15, -0.1) is 0 Å². The molecule has 1 aromatic carbocycles. The van der Waals surface area contributed by atoms with Crippen molar-refractivity contribution in [2.45, 2.75) is 64.5 Å². The summed E-state index contributed by atoms with van der Waals surface area (Å²) in [7, 11) is 0. The van der Waals surface area contributed by atoms with Crippen molar-refractivity contribution in [1.29, 1.82) is 0 Å². The first-order chi connectivity index (χ1) is 11.3. The van der Waals surface area contributed by atoms with E-state index in [9.17, 15) is 14.4 Å². The highest BCUT2D eigenvalue weighted by Crippen LogP contribution is 2.30. The van der Waals surface area contributed by atoms with Crippen LogP contribution in [-0.4, -0.2) is 34.2 Å². The zero-order valence-electron chi connectivity index (χ0n) is 14.5. The zero-order chi connectivity index (χ0) is 17.5. The van der Waals surface area contributed by atoms with Gasteiger partial charge in [0, 0.05) is 17.1 Å². The summed E-state index contributed by atoms with van der Waals surface area (Å²) >= 11 is 0. The van der Waals surface area contributed by atoms with Crippen LogP contribution in [0.3, 0.4) is 0 Å². The number of carbonyl (C=O) groups is 3. The van der Waals surface area contributed by atoms with Crippen molar-refractivity contribution in [2.75, 3.05) is 0 Å². The lowest BCUT2D eigenvalue weighted by atomic mass is 9.95. The number of nitrogens with one attached hydrogen (secondary N) is 1. The summed E-state index contributed by atoms with van der Waals surface area (Å²) in [6.07, 6.45) is 5.52. The van der Waals surface area contributed by atoms with Crippen LogP contribution in [0.2, 0.25) is 0 Å². The van der Waals surface area contributed by atoms with Crippen LogP contribution in [0.1, 0.15) is 83.9 Å². The molecule has 5 nitrogen and oxygen atoms in total. The topological polar surface area (TPSA) is 66.5 Å². The van der Waals surface area contributed by atoms with Crippen molar-refractivity contribution in [3.8, 4) is 0 Å². The Morgan fingerprint density at radius 2 is 1.67 bits per heavy atom. The third-order valence-electron chi connectivity index (χ3n) is 4.76. The number of fused-ring (bicyclic) bond motifs is 1. The van der Waals surface area contributed by atoms with Crippen LogP contribution in [-0.2, 0) is 0 Å². The maximum atomic E-state index is 12.6. The second-order valence-electron chi connectivity index (χ2n) is 7.69. The summed E-state index contributed by atoms with van der Waals surface area (Å²) in [6, 6.07) is 4.99. The molecule has 0 unspecified atom stereocenters. The van der Waals surface area contributed by atoms with Crippen LogP contribution < -0.4 is 5.32 Å².